The van der Waals surface area contributed by atoms with E-state index in [9.17, 15) is 9.59 Å². The molecule has 0 bridgehead atoms. The molecule has 2 heterocycles. The molecule has 2 aromatic rings. The minimum Gasteiger partial charge on any atom is -0.466 e. The molecule has 0 radical (unpaired) electrons. The molecule has 9 heteroatoms. The third kappa shape index (κ3) is 5.47. The van der Waals surface area contributed by atoms with Crippen molar-refractivity contribution in [1.82, 2.24) is 14.8 Å². The van der Waals surface area contributed by atoms with Gasteiger partial charge in [0.15, 0.2) is 5.15 Å². The van der Waals surface area contributed by atoms with E-state index in [0.29, 0.717) is 24.6 Å². The third-order valence-corrected chi connectivity index (χ3v) is 4.66. The molecule has 26 heavy (non-hydrogen) atoms. The Bertz CT molecular complexity index is 739. The number of anilines is 1. The molecular weight excluding hydrogens is 376 g/mol. The maximum atomic E-state index is 12.5. The van der Waals surface area contributed by atoms with E-state index in [1.807, 2.05) is 13.0 Å². The zero-order valence-corrected chi connectivity index (χ0v) is 16.3. The number of pyridine rings is 1. The summed E-state index contributed by atoms with van der Waals surface area (Å²) in [6.07, 6.45) is 5.34. The Morgan fingerprint density at radius 1 is 1.38 bits per heavy atom. The molecule has 0 saturated heterocycles. The van der Waals surface area contributed by atoms with Crippen LogP contribution in [0.4, 0.5) is 5.69 Å². The molecule has 0 unspecified atom stereocenters. The molecule has 0 fully saturated rings. The van der Waals surface area contributed by atoms with Crippen molar-refractivity contribution in [2.45, 2.75) is 20.3 Å². The second-order valence-corrected chi connectivity index (χ2v) is 6.67. The van der Waals surface area contributed by atoms with Gasteiger partial charge in [-0.05, 0) is 26.0 Å². The fourth-order valence-corrected chi connectivity index (χ4v) is 3.27. The fraction of sp³-hybridized carbons (Fsp3) is 0.412. The molecule has 0 saturated carbocycles. The summed E-state index contributed by atoms with van der Waals surface area (Å²) in [5.41, 5.74) is 1.31. The molecule has 0 N–H and O–H groups in total. The Kier molecular flexibility index (Phi) is 7.93. The van der Waals surface area contributed by atoms with Crippen molar-refractivity contribution < 1.29 is 14.3 Å². The van der Waals surface area contributed by atoms with Gasteiger partial charge in [0, 0.05) is 18.5 Å². The number of nitrogens with zero attached hydrogens (tertiary/aromatic N) is 4. The number of hydrogen-bond acceptors (Lipinski definition) is 6. The number of aromatic nitrogens is 3. The molecule has 140 valence electrons. The standard InChI is InChI=1S/C17H21ClN4O3S/c1-3-21(15(23)12-26-9-7-16(24)25-4-2)14-11-22(20-17(14)18)13-6-5-8-19-10-13/h5-6,8,10-11H,3-4,7,9,12H2,1-2H3. The van der Waals surface area contributed by atoms with E-state index >= 15 is 0 Å². The van der Waals surface area contributed by atoms with Gasteiger partial charge in [-0.2, -0.15) is 16.9 Å². The fourth-order valence-electron chi connectivity index (χ4n) is 2.25. The molecule has 0 spiro atoms. The van der Waals surface area contributed by atoms with E-state index in [0.717, 1.165) is 5.69 Å². The molecular formula is C17H21ClN4O3S. The van der Waals surface area contributed by atoms with Crippen LogP contribution in [-0.4, -0.2) is 51.3 Å². The Morgan fingerprint density at radius 3 is 2.85 bits per heavy atom. The summed E-state index contributed by atoms with van der Waals surface area (Å²) in [7, 11) is 0. The van der Waals surface area contributed by atoms with Gasteiger partial charge >= 0.3 is 5.97 Å². The van der Waals surface area contributed by atoms with E-state index < -0.39 is 0 Å². The first-order chi connectivity index (χ1) is 12.6. The number of carbonyl (C=O) groups is 2. The predicted octanol–water partition coefficient (Wildman–Crippen LogP) is 2.96. The average molecular weight is 397 g/mol. The van der Waals surface area contributed by atoms with Crippen molar-refractivity contribution in [2.24, 2.45) is 0 Å². The van der Waals surface area contributed by atoms with E-state index in [1.165, 1.54) is 11.8 Å². The summed E-state index contributed by atoms with van der Waals surface area (Å²) in [6.45, 7) is 4.48. The Labute approximate surface area is 161 Å². The second-order valence-electron chi connectivity index (χ2n) is 5.21. The van der Waals surface area contributed by atoms with Gasteiger partial charge in [-0.25, -0.2) is 4.68 Å². The van der Waals surface area contributed by atoms with Crippen molar-refractivity contribution in [3.05, 3.63) is 35.9 Å². The Morgan fingerprint density at radius 2 is 2.19 bits per heavy atom. The average Bonchev–Trinajstić information content (AvgIpc) is 3.02. The van der Waals surface area contributed by atoms with Crippen LogP contribution >= 0.6 is 23.4 Å². The first-order valence-electron chi connectivity index (χ1n) is 8.26. The highest BCUT2D eigenvalue weighted by Crippen LogP contribution is 2.26. The number of halogens is 1. The lowest BCUT2D eigenvalue weighted by Crippen LogP contribution is -2.32. The predicted molar refractivity (Wildman–Crippen MR) is 103 cm³/mol. The lowest BCUT2D eigenvalue weighted by molar-refractivity contribution is -0.142. The number of ether oxygens (including phenoxy) is 1. The maximum Gasteiger partial charge on any atom is 0.306 e. The molecule has 0 atom stereocenters. The van der Waals surface area contributed by atoms with Crippen LogP contribution in [0.1, 0.15) is 20.3 Å². The largest absolute Gasteiger partial charge is 0.466 e. The van der Waals surface area contributed by atoms with Crippen molar-refractivity contribution in [3.63, 3.8) is 0 Å². The van der Waals surface area contributed by atoms with Gasteiger partial charge in [0.1, 0.15) is 5.69 Å². The van der Waals surface area contributed by atoms with Gasteiger partial charge < -0.3 is 9.64 Å². The molecule has 0 aliphatic heterocycles. The van der Waals surface area contributed by atoms with Crippen LogP contribution in [0, 0.1) is 0 Å². The van der Waals surface area contributed by atoms with Gasteiger partial charge in [-0.3, -0.25) is 14.6 Å². The quantitative estimate of drug-likeness (QED) is 0.479. The Hall–Kier alpha value is -2.06. The van der Waals surface area contributed by atoms with Crippen molar-refractivity contribution in [3.8, 4) is 5.69 Å². The van der Waals surface area contributed by atoms with Gasteiger partial charge in [0.25, 0.3) is 0 Å². The smallest absolute Gasteiger partial charge is 0.306 e. The van der Waals surface area contributed by atoms with Crippen LogP contribution in [0.2, 0.25) is 5.15 Å². The molecule has 0 aliphatic rings. The number of hydrogen-bond donors (Lipinski definition) is 0. The second kappa shape index (κ2) is 10.2. The van der Waals surface area contributed by atoms with Gasteiger partial charge in [0.2, 0.25) is 5.91 Å². The number of esters is 1. The zero-order valence-electron chi connectivity index (χ0n) is 14.7. The van der Waals surface area contributed by atoms with E-state index in [4.69, 9.17) is 16.3 Å². The minimum atomic E-state index is -0.249. The van der Waals surface area contributed by atoms with Crippen LogP contribution in [0.15, 0.2) is 30.7 Å². The lowest BCUT2D eigenvalue weighted by atomic mass is 10.4. The van der Waals surface area contributed by atoms with E-state index in [-0.39, 0.29) is 29.2 Å². The summed E-state index contributed by atoms with van der Waals surface area (Å²) in [6, 6.07) is 3.65. The van der Waals surface area contributed by atoms with E-state index in [2.05, 4.69) is 10.1 Å². The molecule has 7 nitrogen and oxygen atoms in total. The summed E-state index contributed by atoms with van der Waals surface area (Å²) < 4.78 is 6.46. The third-order valence-electron chi connectivity index (χ3n) is 3.45. The van der Waals surface area contributed by atoms with Gasteiger partial charge in [0.05, 0.1) is 36.9 Å². The molecule has 2 aromatic heterocycles. The normalized spacial score (nSPS) is 10.6. The summed E-state index contributed by atoms with van der Waals surface area (Å²) in [4.78, 5) is 29.5. The number of carbonyl (C=O) groups excluding carboxylic acids is 2. The Balaban J connectivity index is 1.98. The van der Waals surface area contributed by atoms with Crippen LogP contribution in [0.3, 0.4) is 0 Å². The van der Waals surface area contributed by atoms with Crippen LogP contribution in [-0.2, 0) is 14.3 Å². The first kappa shape index (κ1) is 20.3. The highest BCUT2D eigenvalue weighted by Gasteiger charge is 2.20. The molecule has 0 aromatic carbocycles. The lowest BCUT2D eigenvalue weighted by Gasteiger charge is -2.19. The molecule has 2 rings (SSSR count). The topological polar surface area (TPSA) is 77.3 Å². The van der Waals surface area contributed by atoms with Crippen LogP contribution < -0.4 is 4.90 Å². The number of thioether (sulfide) groups is 1. The highest BCUT2D eigenvalue weighted by molar-refractivity contribution is 7.99. The monoisotopic (exact) mass is 396 g/mol. The SMILES string of the molecule is CCOC(=O)CCSCC(=O)N(CC)c1cn(-c2cccnc2)nc1Cl. The van der Waals surface area contributed by atoms with Crippen LogP contribution in [0.25, 0.3) is 5.69 Å². The van der Waals surface area contributed by atoms with Crippen molar-refractivity contribution >= 4 is 40.9 Å². The van der Waals surface area contributed by atoms with Gasteiger partial charge in [-0.1, -0.05) is 11.6 Å². The molecule has 1 amide bonds. The first-order valence-corrected chi connectivity index (χ1v) is 9.79. The minimum absolute atomic E-state index is 0.0889. The van der Waals surface area contributed by atoms with Crippen LogP contribution in [0.5, 0.6) is 0 Å². The van der Waals surface area contributed by atoms with E-state index in [1.54, 1.807) is 41.2 Å². The maximum absolute atomic E-state index is 12.5. The van der Waals surface area contributed by atoms with Crippen molar-refractivity contribution in [1.29, 1.82) is 0 Å². The van der Waals surface area contributed by atoms with Crippen molar-refractivity contribution in [2.75, 3.05) is 29.6 Å². The highest BCUT2D eigenvalue weighted by atomic mass is 35.5. The summed E-state index contributed by atoms with van der Waals surface area (Å²) >= 11 is 7.63. The molecule has 0 aliphatic carbocycles. The number of rotatable bonds is 9. The summed E-state index contributed by atoms with van der Waals surface area (Å²) in [5.74, 6) is 0.446. The summed E-state index contributed by atoms with van der Waals surface area (Å²) in [5, 5.41) is 4.50. The zero-order chi connectivity index (χ0) is 18.9. The van der Waals surface area contributed by atoms with Gasteiger partial charge in [-0.15, -0.1) is 0 Å². The number of amides is 1.